The molecule has 0 bridgehead atoms. The van der Waals surface area contributed by atoms with Gasteiger partial charge in [-0.15, -0.1) is 0 Å². The summed E-state index contributed by atoms with van der Waals surface area (Å²) >= 11 is 5.74. The second kappa shape index (κ2) is 6.34. The summed E-state index contributed by atoms with van der Waals surface area (Å²) in [5, 5.41) is 5.35. The Morgan fingerprint density at radius 1 is 1.35 bits per heavy atom. The Morgan fingerprint density at radius 2 is 2.15 bits per heavy atom. The molecule has 2 aromatic rings. The predicted octanol–water partition coefficient (Wildman–Crippen LogP) is 3.50. The summed E-state index contributed by atoms with van der Waals surface area (Å²) in [6, 6.07) is 8.96. The van der Waals surface area contributed by atoms with E-state index in [1.165, 1.54) is 18.2 Å². The highest BCUT2D eigenvalue weighted by atomic mass is 35.5. The number of aromatic nitrogens is 1. The molecule has 2 amide bonds. The van der Waals surface area contributed by atoms with Crippen molar-refractivity contribution in [3.8, 4) is 0 Å². The van der Waals surface area contributed by atoms with E-state index in [0.29, 0.717) is 5.02 Å². The molecule has 6 heteroatoms. The molecule has 0 aliphatic rings. The van der Waals surface area contributed by atoms with Gasteiger partial charge in [-0.25, -0.2) is 9.18 Å². The molecule has 1 aromatic carbocycles. The Labute approximate surface area is 121 Å². The fourth-order valence-corrected chi connectivity index (χ4v) is 1.80. The van der Waals surface area contributed by atoms with Gasteiger partial charge in [-0.2, -0.15) is 0 Å². The molecular weight excluding hydrogens is 281 g/mol. The van der Waals surface area contributed by atoms with Crippen molar-refractivity contribution in [3.05, 3.63) is 58.6 Å². The summed E-state index contributed by atoms with van der Waals surface area (Å²) in [4.78, 5) is 15.9. The summed E-state index contributed by atoms with van der Waals surface area (Å²) in [6.07, 6.45) is 0. The van der Waals surface area contributed by atoms with Gasteiger partial charge < -0.3 is 10.6 Å². The van der Waals surface area contributed by atoms with E-state index in [9.17, 15) is 9.18 Å². The van der Waals surface area contributed by atoms with Crippen molar-refractivity contribution in [1.29, 1.82) is 0 Å². The van der Waals surface area contributed by atoms with E-state index in [1.807, 2.05) is 19.1 Å². The third-order valence-corrected chi connectivity index (χ3v) is 2.79. The normalized spacial score (nSPS) is 10.2. The summed E-state index contributed by atoms with van der Waals surface area (Å²) in [6.45, 7) is 2.13. The van der Waals surface area contributed by atoms with Crippen LogP contribution < -0.4 is 10.6 Å². The van der Waals surface area contributed by atoms with Gasteiger partial charge in [-0.1, -0.05) is 17.7 Å². The van der Waals surface area contributed by atoms with Crippen molar-refractivity contribution in [2.45, 2.75) is 13.5 Å². The smallest absolute Gasteiger partial charge is 0.319 e. The van der Waals surface area contributed by atoms with Gasteiger partial charge in [0, 0.05) is 10.7 Å². The zero-order valence-corrected chi connectivity index (χ0v) is 11.5. The third kappa shape index (κ3) is 3.93. The number of carbonyl (C=O) groups excluding carboxylic acids is 1. The van der Waals surface area contributed by atoms with Crippen molar-refractivity contribution >= 4 is 23.3 Å². The molecule has 20 heavy (non-hydrogen) atoms. The average Bonchev–Trinajstić information content (AvgIpc) is 2.41. The number of urea groups is 1. The topological polar surface area (TPSA) is 54.0 Å². The van der Waals surface area contributed by atoms with Crippen LogP contribution in [0.4, 0.5) is 14.9 Å². The Bertz CT molecular complexity index is 634. The van der Waals surface area contributed by atoms with E-state index < -0.39 is 11.8 Å². The van der Waals surface area contributed by atoms with Gasteiger partial charge in [0.25, 0.3) is 0 Å². The molecule has 0 atom stereocenters. The van der Waals surface area contributed by atoms with Crippen molar-refractivity contribution in [1.82, 2.24) is 10.3 Å². The SMILES string of the molecule is Cc1cccc(CNC(=O)Nc2cc(Cl)ccc2F)n1. The predicted molar refractivity (Wildman–Crippen MR) is 76.2 cm³/mol. The first kappa shape index (κ1) is 14.3. The number of carbonyl (C=O) groups is 1. The number of anilines is 1. The van der Waals surface area contributed by atoms with Crippen LogP contribution in [0, 0.1) is 12.7 Å². The lowest BCUT2D eigenvalue weighted by molar-refractivity contribution is 0.251. The van der Waals surface area contributed by atoms with Gasteiger partial charge in [0.2, 0.25) is 0 Å². The van der Waals surface area contributed by atoms with E-state index >= 15 is 0 Å². The fourth-order valence-electron chi connectivity index (χ4n) is 1.63. The van der Waals surface area contributed by atoms with Crippen LogP contribution >= 0.6 is 11.6 Å². The van der Waals surface area contributed by atoms with Crippen LogP contribution in [0.3, 0.4) is 0 Å². The van der Waals surface area contributed by atoms with Crippen molar-refractivity contribution < 1.29 is 9.18 Å². The number of pyridine rings is 1. The average molecular weight is 294 g/mol. The molecule has 0 saturated carbocycles. The zero-order chi connectivity index (χ0) is 14.5. The first-order valence-electron chi connectivity index (χ1n) is 5.97. The number of nitrogens with one attached hydrogen (secondary N) is 2. The Balaban J connectivity index is 1.94. The minimum absolute atomic E-state index is 0.0344. The molecule has 0 aliphatic heterocycles. The third-order valence-electron chi connectivity index (χ3n) is 2.55. The monoisotopic (exact) mass is 293 g/mol. The number of hydrogen-bond donors (Lipinski definition) is 2. The number of nitrogens with zero attached hydrogens (tertiary/aromatic N) is 1. The highest BCUT2D eigenvalue weighted by Crippen LogP contribution is 2.19. The Kier molecular flexibility index (Phi) is 4.53. The van der Waals surface area contributed by atoms with Crippen molar-refractivity contribution in [2.24, 2.45) is 0 Å². The van der Waals surface area contributed by atoms with E-state index in [2.05, 4.69) is 15.6 Å². The van der Waals surface area contributed by atoms with E-state index in [-0.39, 0.29) is 12.2 Å². The Morgan fingerprint density at radius 3 is 2.90 bits per heavy atom. The molecule has 4 nitrogen and oxygen atoms in total. The largest absolute Gasteiger partial charge is 0.332 e. The number of halogens is 2. The molecule has 0 fully saturated rings. The molecule has 0 radical (unpaired) electrons. The lowest BCUT2D eigenvalue weighted by Crippen LogP contribution is -2.28. The number of hydrogen-bond acceptors (Lipinski definition) is 2. The van der Waals surface area contributed by atoms with E-state index in [4.69, 9.17) is 11.6 Å². The number of rotatable bonds is 3. The summed E-state index contributed by atoms with van der Waals surface area (Å²) in [7, 11) is 0. The minimum Gasteiger partial charge on any atom is -0.332 e. The first-order chi connectivity index (χ1) is 9.54. The van der Waals surface area contributed by atoms with Crippen LogP contribution in [0.1, 0.15) is 11.4 Å². The maximum absolute atomic E-state index is 13.4. The molecule has 0 saturated heterocycles. The van der Waals surface area contributed by atoms with Gasteiger partial charge >= 0.3 is 6.03 Å². The molecule has 2 N–H and O–H groups in total. The lowest BCUT2D eigenvalue weighted by Gasteiger charge is -2.08. The summed E-state index contributed by atoms with van der Waals surface area (Å²) < 4.78 is 13.4. The zero-order valence-electron chi connectivity index (χ0n) is 10.8. The second-order valence-corrected chi connectivity index (χ2v) is 4.64. The number of aryl methyl sites for hydroxylation is 1. The van der Waals surface area contributed by atoms with Gasteiger partial charge in [0.1, 0.15) is 5.82 Å². The molecule has 1 aromatic heterocycles. The van der Waals surface area contributed by atoms with Crippen LogP contribution in [-0.2, 0) is 6.54 Å². The maximum Gasteiger partial charge on any atom is 0.319 e. The van der Waals surface area contributed by atoms with Crippen molar-refractivity contribution in [2.75, 3.05) is 5.32 Å². The van der Waals surface area contributed by atoms with Crippen LogP contribution in [-0.4, -0.2) is 11.0 Å². The fraction of sp³-hybridized carbons (Fsp3) is 0.143. The second-order valence-electron chi connectivity index (χ2n) is 4.20. The molecule has 0 aliphatic carbocycles. The lowest BCUT2D eigenvalue weighted by atomic mass is 10.3. The van der Waals surface area contributed by atoms with Crippen LogP contribution in [0.25, 0.3) is 0 Å². The molecule has 1 heterocycles. The molecule has 2 rings (SSSR count). The van der Waals surface area contributed by atoms with Crippen LogP contribution in [0.5, 0.6) is 0 Å². The molecule has 0 spiro atoms. The quantitative estimate of drug-likeness (QED) is 0.910. The van der Waals surface area contributed by atoms with E-state index in [0.717, 1.165) is 11.4 Å². The number of amides is 2. The first-order valence-corrected chi connectivity index (χ1v) is 6.35. The summed E-state index contributed by atoms with van der Waals surface area (Å²) in [5.74, 6) is -0.543. The van der Waals surface area contributed by atoms with Crippen LogP contribution in [0.15, 0.2) is 36.4 Å². The molecule has 104 valence electrons. The van der Waals surface area contributed by atoms with Crippen molar-refractivity contribution in [3.63, 3.8) is 0 Å². The molecular formula is C14H13ClFN3O. The van der Waals surface area contributed by atoms with Gasteiger partial charge in [-0.05, 0) is 37.3 Å². The van der Waals surface area contributed by atoms with E-state index in [1.54, 1.807) is 6.07 Å². The minimum atomic E-state index is -0.543. The Hall–Kier alpha value is -2.14. The number of benzene rings is 1. The molecule has 0 unspecified atom stereocenters. The summed E-state index contributed by atoms with van der Waals surface area (Å²) in [5.41, 5.74) is 1.63. The van der Waals surface area contributed by atoms with Crippen LogP contribution in [0.2, 0.25) is 5.02 Å². The van der Waals surface area contributed by atoms with Gasteiger partial charge in [-0.3, -0.25) is 4.98 Å². The standard InChI is InChI=1S/C14H13ClFN3O/c1-9-3-2-4-11(18-9)8-17-14(20)19-13-7-10(15)5-6-12(13)16/h2-7H,8H2,1H3,(H2,17,19,20). The highest BCUT2D eigenvalue weighted by molar-refractivity contribution is 6.30. The van der Waals surface area contributed by atoms with Gasteiger partial charge in [0.05, 0.1) is 17.9 Å². The highest BCUT2D eigenvalue weighted by Gasteiger charge is 2.07. The maximum atomic E-state index is 13.4. The van der Waals surface area contributed by atoms with Gasteiger partial charge in [0.15, 0.2) is 0 Å².